The molecule has 0 radical (unpaired) electrons. The highest BCUT2D eigenvalue weighted by Crippen LogP contribution is 2.34. The molecule has 1 aromatic carbocycles. The van der Waals surface area contributed by atoms with Gasteiger partial charge in [-0.2, -0.15) is 0 Å². The van der Waals surface area contributed by atoms with E-state index in [9.17, 15) is 9.59 Å². The summed E-state index contributed by atoms with van der Waals surface area (Å²) in [6.45, 7) is 3.86. The number of carbonyl (C=O) groups excluding carboxylic acids is 1. The highest BCUT2D eigenvalue weighted by atomic mass is 16.5. The molecule has 0 bridgehead atoms. The van der Waals surface area contributed by atoms with Gasteiger partial charge in [0, 0.05) is 18.7 Å². The third-order valence-electron chi connectivity index (χ3n) is 4.23. The molecule has 0 saturated heterocycles. The fraction of sp³-hybridized carbons (Fsp3) is 0.333. The van der Waals surface area contributed by atoms with Crippen LogP contribution in [0.1, 0.15) is 30.8 Å². The molecule has 2 aromatic rings. The number of fused-ring (bicyclic) bond motifs is 1. The van der Waals surface area contributed by atoms with Gasteiger partial charge in [-0.05, 0) is 37.4 Å². The van der Waals surface area contributed by atoms with Crippen molar-refractivity contribution in [1.29, 1.82) is 0 Å². The second kappa shape index (κ2) is 6.38. The molecule has 0 saturated carbocycles. The van der Waals surface area contributed by atoms with Crippen LogP contribution in [-0.2, 0) is 9.53 Å². The Labute approximate surface area is 134 Å². The van der Waals surface area contributed by atoms with Crippen LogP contribution in [0.2, 0.25) is 0 Å². The van der Waals surface area contributed by atoms with Gasteiger partial charge in [-0.25, -0.2) is 4.79 Å². The summed E-state index contributed by atoms with van der Waals surface area (Å²) in [6.07, 6.45) is 2.39. The second-order valence-electron chi connectivity index (χ2n) is 5.79. The van der Waals surface area contributed by atoms with Crippen molar-refractivity contribution in [2.45, 2.75) is 19.4 Å². The minimum absolute atomic E-state index is 0.382. The molecule has 120 valence electrons. The first kappa shape index (κ1) is 15.5. The average Bonchev–Trinajstić information content (AvgIpc) is 2.56. The number of nitrogens with zero attached hydrogens (tertiary/aromatic N) is 1. The number of hydrogen-bond donors (Lipinski definition) is 0. The first-order chi connectivity index (χ1) is 11.1. The van der Waals surface area contributed by atoms with Gasteiger partial charge in [0.2, 0.25) is 0 Å². The largest absolute Gasteiger partial charge is 0.457 e. The van der Waals surface area contributed by atoms with Crippen LogP contribution in [0.4, 0.5) is 0 Å². The number of hydrogen-bond acceptors (Lipinski definition) is 5. The quantitative estimate of drug-likeness (QED) is 0.812. The first-order valence-corrected chi connectivity index (χ1v) is 7.64. The molecule has 3 rings (SSSR count). The maximum absolute atomic E-state index is 12.3. The zero-order valence-electron chi connectivity index (χ0n) is 13.2. The minimum Gasteiger partial charge on any atom is -0.457 e. The Hall–Kier alpha value is -2.40. The summed E-state index contributed by atoms with van der Waals surface area (Å²) >= 11 is 0. The fourth-order valence-electron chi connectivity index (χ4n) is 2.98. The molecule has 0 aliphatic carbocycles. The molecule has 0 fully saturated rings. The molecule has 23 heavy (non-hydrogen) atoms. The number of benzene rings is 1. The van der Waals surface area contributed by atoms with Crippen LogP contribution in [0.3, 0.4) is 0 Å². The summed E-state index contributed by atoms with van der Waals surface area (Å²) in [6, 6.07) is 7.39. The van der Waals surface area contributed by atoms with Crippen molar-refractivity contribution in [3.8, 4) is 0 Å². The van der Waals surface area contributed by atoms with Crippen molar-refractivity contribution in [2.24, 2.45) is 0 Å². The normalized spacial score (nSPS) is 16.9. The van der Waals surface area contributed by atoms with E-state index in [-0.39, 0.29) is 0 Å². The Morgan fingerprint density at radius 2 is 2.04 bits per heavy atom. The van der Waals surface area contributed by atoms with Crippen LogP contribution in [0.15, 0.2) is 39.6 Å². The Balaban J connectivity index is 2.27. The summed E-state index contributed by atoms with van der Waals surface area (Å²) in [7, 11) is 2.07. The Morgan fingerprint density at radius 1 is 1.30 bits per heavy atom. The predicted octanol–water partition coefficient (Wildman–Crippen LogP) is 2.75. The van der Waals surface area contributed by atoms with Gasteiger partial charge < -0.3 is 14.1 Å². The van der Waals surface area contributed by atoms with E-state index in [1.54, 1.807) is 13.0 Å². The molecule has 1 aliphatic rings. The molecule has 1 unspecified atom stereocenters. The van der Waals surface area contributed by atoms with Gasteiger partial charge in [-0.1, -0.05) is 24.3 Å². The topological polar surface area (TPSA) is 59.8 Å². The van der Waals surface area contributed by atoms with E-state index in [2.05, 4.69) is 18.0 Å². The van der Waals surface area contributed by atoms with E-state index >= 15 is 0 Å². The van der Waals surface area contributed by atoms with Crippen molar-refractivity contribution >= 4 is 22.8 Å². The van der Waals surface area contributed by atoms with Crippen molar-refractivity contribution in [2.75, 3.05) is 20.1 Å². The number of likely N-dealkylation sites (N-methyl/N-ethyl adjacent to an activating group) is 1. The van der Waals surface area contributed by atoms with Gasteiger partial charge in [-0.3, -0.25) is 4.79 Å². The monoisotopic (exact) mass is 313 g/mol. The Bertz CT molecular complexity index is 821. The highest BCUT2D eigenvalue weighted by molar-refractivity contribution is 5.94. The molecular weight excluding hydrogens is 294 g/mol. The van der Waals surface area contributed by atoms with E-state index < -0.39 is 11.7 Å². The van der Waals surface area contributed by atoms with Gasteiger partial charge in [0.15, 0.2) is 11.9 Å². The standard InChI is InChI=1S/C18H19NO4/c1-12(22-11-20)17-16(13-7-9-19(2)10-8-13)14-5-3-4-6-15(14)18(21)23-17/h3-7,11-12H,8-10H2,1-2H3. The van der Waals surface area contributed by atoms with E-state index in [4.69, 9.17) is 9.15 Å². The lowest BCUT2D eigenvalue weighted by molar-refractivity contribution is -0.133. The maximum Gasteiger partial charge on any atom is 0.343 e. The molecule has 1 atom stereocenters. The Morgan fingerprint density at radius 3 is 2.70 bits per heavy atom. The first-order valence-electron chi connectivity index (χ1n) is 7.64. The van der Waals surface area contributed by atoms with E-state index in [0.29, 0.717) is 17.6 Å². The molecular formula is C18H19NO4. The maximum atomic E-state index is 12.3. The van der Waals surface area contributed by atoms with Crippen molar-refractivity contribution < 1.29 is 13.9 Å². The lowest BCUT2D eigenvalue weighted by Gasteiger charge is -2.24. The summed E-state index contributed by atoms with van der Waals surface area (Å²) < 4.78 is 10.6. The number of carbonyl (C=O) groups is 1. The lowest BCUT2D eigenvalue weighted by Crippen LogP contribution is -2.24. The summed E-state index contributed by atoms with van der Waals surface area (Å²) in [5, 5.41) is 1.39. The molecule has 1 aliphatic heterocycles. The number of ether oxygens (including phenoxy) is 1. The van der Waals surface area contributed by atoms with Crippen LogP contribution >= 0.6 is 0 Å². The summed E-state index contributed by atoms with van der Waals surface area (Å²) in [5.74, 6) is 0.414. The molecule has 1 aromatic heterocycles. The minimum atomic E-state index is -0.611. The van der Waals surface area contributed by atoms with Gasteiger partial charge >= 0.3 is 5.63 Å². The second-order valence-corrected chi connectivity index (χ2v) is 5.79. The zero-order chi connectivity index (χ0) is 16.4. The van der Waals surface area contributed by atoms with Crippen LogP contribution in [-0.4, -0.2) is 31.5 Å². The van der Waals surface area contributed by atoms with Gasteiger partial charge in [0.1, 0.15) is 0 Å². The predicted molar refractivity (Wildman–Crippen MR) is 88.1 cm³/mol. The Kier molecular flexibility index (Phi) is 4.30. The fourth-order valence-corrected chi connectivity index (χ4v) is 2.98. The van der Waals surface area contributed by atoms with Crippen LogP contribution in [0, 0.1) is 0 Å². The summed E-state index contributed by atoms with van der Waals surface area (Å²) in [4.78, 5) is 25.2. The van der Waals surface area contributed by atoms with E-state index in [1.165, 1.54) is 0 Å². The lowest BCUT2D eigenvalue weighted by atomic mass is 9.93. The van der Waals surface area contributed by atoms with E-state index in [1.807, 2.05) is 18.2 Å². The summed E-state index contributed by atoms with van der Waals surface area (Å²) in [5.41, 5.74) is 1.59. The molecule has 0 amide bonds. The molecule has 0 N–H and O–H groups in total. The van der Waals surface area contributed by atoms with Crippen molar-refractivity contribution in [3.05, 3.63) is 52.1 Å². The smallest absolute Gasteiger partial charge is 0.343 e. The molecule has 5 heteroatoms. The third kappa shape index (κ3) is 2.92. The number of rotatable bonds is 4. The van der Waals surface area contributed by atoms with Crippen molar-refractivity contribution in [3.63, 3.8) is 0 Å². The van der Waals surface area contributed by atoms with Gasteiger partial charge in [0.05, 0.1) is 5.39 Å². The zero-order valence-corrected chi connectivity index (χ0v) is 13.2. The van der Waals surface area contributed by atoms with Crippen molar-refractivity contribution in [1.82, 2.24) is 4.90 Å². The molecule has 2 heterocycles. The highest BCUT2D eigenvalue weighted by Gasteiger charge is 2.23. The van der Waals surface area contributed by atoms with Crippen LogP contribution in [0.5, 0.6) is 0 Å². The van der Waals surface area contributed by atoms with Gasteiger partial charge in [0.25, 0.3) is 6.47 Å². The third-order valence-corrected chi connectivity index (χ3v) is 4.23. The molecule has 0 spiro atoms. The average molecular weight is 313 g/mol. The SMILES string of the molecule is CC(OC=O)c1oc(=O)c2ccccc2c1C1=CCN(C)CC1. The molecule has 5 nitrogen and oxygen atoms in total. The van der Waals surface area contributed by atoms with E-state index in [0.717, 1.165) is 36.0 Å². The van der Waals surface area contributed by atoms with Crippen LogP contribution < -0.4 is 5.63 Å². The van der Waals surface area contributed by atoms with Crippen LogP contribution in [0.25, 0.3) is 16.3 Å². The van der Waals surface area contributed by atoms with Gasteiger partial charge in [-0.15, -0.1) is 0 Å².